The molecular formula is C14H31NO7Si. The fourth-order valence-corrected chi connectivity index (χ4v) is 3.28. The maximum atomic E-state index is 10.8. The van der Waals surface area contributed by atoms with Crippen molar-refractivity contribution < 1.29 is 33.1 Å². The largest absolute Gasteiger partial charge is 0.500 e. The van der Waals surface area contributed by atoms with Crippen LogP contribution in [0.1, 0.15) is 39.5 Å². The first-order valence-electron chi connectivity index (χ1n) is 7.65. The van der Waals surface area contributed by atoms with Gasteiger partial charge in [0, 0.05) is 27.4 Å². The number of hydrogen-bond acceptors (Lipinski definition) is 6. The molecule has 0 aliphatic heterocycles. The Bertz CT molecular complexity index is 314. The van der Waals surface area contributed by atoms with Crippen molar-refractivity contribution in [2.75, 3.05) is 27.9 Å². The van der Waals surface area contributed by atoms with E-state index < -0.39 is 33.2 Å². The fourth-order valence-electron chi connectivity index (χ4n) is 1.56. The first kappa shape index (κ1) is 24.3. The molecule has 0 fully saturated rings. The summed E-state index contributed by atoms with van der Waals surface area (Å²) < 4.78 is 15.6. The summed E-state index contributed by atoms with van der Waals surface area (Å²) >= 11 is 0. The van der Waals surface area contributed by atoms with Crippen molar-refractivity contribution >= 4 is 20.7 Å². The van der Waals surface area contributed by atoms with Crippen molar-refractivity contribution in [3.63, 3.8) is 0 Å². The number of carboxylic acid groups (broad SMARTS) is 2. The molecule has 0 aliphatic carbocycles. The molecule has 8 nitrogen and oxygen atoms in total. The van der Waals surface area contributed by atoms with E-state index >= 15 is 0 Å². The van der Waals surface area contributed by atoms with Crippen LogP contribution < -0.4 is 5.32 Å². The third-order valence-electron chi connectivity index (χ3n) is 3.16. The summed E-state index contributed by atoms with van der Waals surface area (Å²) in [5, 5.41) is 20.1. The zero-order valence-electron chi connectivity index (χ0n) is 14.8. The van der Waals surface area contributed by atoms with Crippen LogP contribution in [0.5, 0.6) is 0 Å². The molecule has 1 unspecified atom stereocenters. The minimum Gasteiger partial charge on any atom is -0.481 e. The highest BCUT2D eigenvalue weighted by molar-refractivity contribution is 6.60. The van der Waals surface area contributed by atoms with Gasteiger partial charge in [0.05, 0.1) is 6.42 Å². The zero-order chi connectivity index (χ0) is 18.3. The van der Waals surface area contributed by atoms with Gasteiger partial charge in [0.25, 0.3) is 0 Å². The Balaban J connectivity index is 0. The Morgan fingerprint density at radius 1 is 1.04 bits per heavy atom. The van der Waals surface area contributed by atoms with Crippen LogP contribution in [0.2, 0.25) is 6.04 Å². The number of hydrogen-bond donors (Lipinski definition) is 3. The standard InChI is InChI=1S/C10H21NO7Si.C4H10/c1-16-19(17-2,18-3)6-4-5-11-8(10(14)15)7-9(12)13;1-3-4-2/h8,11H,4-7H2,1-3H3,(H,12,13)(H,14,15);3-4H2,1-2H3. The molecule has 0 bridgehead atoms. The summed E-state index contributed by atoms with van der Waals surface area (Å²) in [4.78, 5) is 21.3. The average Bonchev–Trinajstić information content (AvgIpc) is 2.54. The van der Waals surface area contributed by atoms with Crippen molar-refractivity contribution in [3.05, 3.63) is 0 Å². The number of aliphatic carboxylic acids is 2. The van der Waals surface area contributed by atoms with Crippen LogP contribution in [-0.2, 0) is 22.9 Å². The second-order valence-corrected chi connectivity index (χ2v) is 7.93. The highest BCUT2D eigenvalue weighted by Crippen LogP contribution is 2.14. The molecule has 1 atom stereocenters. The van der Waals surface area contributed by atoms with Gasteiger partial charge in [-0.15, -0.1) is 0 Å². The van der Waals surface area contributed by atoms with Crippen LogP contribution in [-0.4, -0.2) is 64.9 Å². The number of carboxylic acids is 2. The molecule has 9 heteroatoms. The SMILES string of the molecule is CCCC.CO[Si](CCCNC(CC(=O)O)C(=O)O)(OC)OC. The maximum absolute atomic E-state index is 10.8. The van der Waals surface area contributed by atoms with Gasteiger partial charge in [0.2, 0.25) is 0 Å². The third-order valence-corrected chi connectivity index (χ3v) is 5.99. The van der Waals surface area contributed by atoms with Crippen LogP contribution in [0.4, 0.5) is 0 Å². The first-order chi connectivity index (χ1) is 10.8. The van der Waals surface area contributed by atoms with E-state index in [1.165, 1.54) is 34.2 Å². The molecule has 0 heterocycles. The molecule has 3 N–H and O–H groups in total. The van der Waals surface area contributed by atoms with E-state index in [-0.39, 0.29) is 0 Å². The smallest absolute Gasteiger partial charge is 0.481 e. The number of nitrogens with one attached hydrogen (secondary N) is 1. The molecule has 0 rings (SSSR count). The van der Waals surface area contributed by atoms with Crippen molar-refractivity contribution in [2.45, 2.75) is 51.6 Å². The van der Waals surface area contributed by atoms with E-state index in [1.807, 2.05) is 0 Å². The fraction of sp³-hybridized carbons (Fsp3) is 0.857. The Labute approximate surface area is 139 Å². The van der Waals surface area contributed by atoms with E-state index in [0.29, 0.717) is 19.0 Å². The average molecular weight is 353 g/mol. The van der Waals surface area contributed by atoms with Crippen LogP contribution in [0, 0.1) is 0 Å². The quantitative estimate of drug-likeness (QED) is 0.358. The zero-order valence-corrected chi connectivity index (χ0v) is 15.8. The van der Waals surface area contributed by atoms with Crippen LogP contribution in [0.15, 0.2) is 0 Å². The number of unbranched alkanes of at least 4 members (excludes halogenated alkanes) is 1. The topological polar surface area (TPSA) is 114 Å². The molecule has 0 spiro atoms. The molecule has 0 saturated heterocycles. The maximum Gasteiger partial charge on any atom is 0.500 e. The Hall–Kier alpha value is -1.00. The normalized spacial score (nSPS) is 12.2. The molecular weight excluding hydrogens is 322 g/mol. The highest BCUT2D eigenvalue weighted by Gasteiger charge is 2.36. The molecule has 0 aliphatic rings. The van der Waals surface area contributed by atoms with Crippen LogP contribution in [0.25, 0.3) is 0 Å². The molecule has 0 amide bonds. The predicted molar refractivity (Wildman–Crippen MR) is 88.5 cm³/mol. The highest BCUT2D eigenvalue weighted by atomic mass is 28.4. The monoisotopic (exact) mass is 353 g/mol. The summed E-state index contributed by atoms with van der Waals surface area (Å²) in [6, 6.07) is -0.579. The van der Waals surface area contributed by atoms with E-state index in [9.17, 15) is 9.59 Å². The van der Waals surface area contributed by atoms with E-state index in [4.69, 9.17) is 23.5 Å². The molecule has 0 aromatic heterocycles. The first-order valence-corrected chi connectivity index (χ1v) is 9.58. The van der Waals surface area contributed by atoms with E-state index in [0.717, 1.165) is 0 Å². The Kier molecular flexibility index (Phi) is 15.4. The Morgan fingerprint density at radius 3 is 1.83 bits per heavy atom. The second-order valence-electron chi connectivity index (χ2n) is 4.84. The summed E-state index contributed by atoms with van der Waals surface area (Å²) in [7, 11) is 1.84. The van der Waals surface area contributed by atoms with Gasteiger partial charge in [-0.05, 0) is 13.0 Å². The van der Waals surface area contributed by atoms with Crippen molar-refractivity contribution in [2.24, 2.45) is 0 Å². The van der Waals surface area contributed by atoms with Crippen molar-refractivity contribution in [3.8, 4) is 0 Å². The summed E-state index contributed by atoms with van der Waals surface area (Å²) in [6.45, 7) is 4.70. The lowest BCUT2D eigenvalue weighted by Crippen LogP contribution is -2.44. The lowest BCUT2D eigenvalue weighted by Gasteiger charge is -2.24. The lowest BCUT2D eigenvalue weighted by atomic mass is 10.2. The van der Waals surface area contributed by atoms with E-state index in [1.54, 1.807) is 0 Å². The van der Waals surface area contributed by atoms with E-state index in [2.05, 4.69) is 19.2 Å². The minimum absolute atomic E-state index is 0.342. The molecule has 0 radical (unpaired) electrons. The predicted octanol–water partition coefficient (Wildman–Crippen LogP) is 1.58. The molecule has 138 valence electrons. The number of rotatable bonds is 12. The Morgan fingerprint density at radius 2 is 1.52 bits per heavy atom. The lowest BCUT2D eigenvalue weighted by molar-refractivity contribution is -0.145. The second kappa shape index (κ2) is 14.6. The van der Waals surface area contributed by atoms with Crippen molar-refractivity contribution in [1.29, 1.82) is 0 Å². The number of carbonyl (C=O) groups is 2. The van der Waals surface area contributed by atoms with Gasteiger partial charge in [0.15, 0.2) is 0 Å². The van der Waals surface area contributed by atoms with Crippen LogP contribution in [0.3, 0.4) is 0 Å². The van der Waals surface area contributed by atoms with Gasteiger partial charge in [-0.1, -0.05) is 26.7 Å². The van der Waals surface area contributed by atoms with Crippen LogP contribution >= 0.6 is 0 Å². The minimum atomic E-state index is -2.65. The summed E-state index contributed by atoms with van der Waals surface area (Å²) in [5.41, 5.74) is 0. The van der Waals surface area contributed by atoms with Gasteiger partial charge in [0.1, 0.15) is 6.04 Å². The molecule has 0 aromatic rings. The molecule has 0 saturated carbocycles. The molecule has 0 aromatic carbocycles. The molecule has 23 heavy (non-hydrogen) atoms. The summed E-state index contributed by atoms with van der Waals surface area (Å²) in [5.74, 6) is -2.34. The van der Waals surface area contributed by atoms with Gasteiger partial charge >= 0.3 is 20.7 Å². The van der Waals surface area contributed by atoms with Gasteiger partial charge in [-0.25, -0.2) is 0 Å². The van der Waals surface area contributed by atoms with Gasteiger partial charge in [-0.2, -0.15) is 0 Å². The summed E-state index contributed by atoms with van der Waals surface area (Å²) in [6.07, 6.45) is 2.74. The third kappa shape index (κ3) is 12.1. The van der Waals surface area contributed by atoms with Crippen molar-refractivity contribution in [1.82, 2.24) is 5.32 Å². The van der Waals surface area contributed by atoms with Gasteiger partial charge < -0.3 is 28.8 Å². The van der Waals surface area contributed by atoms with Gasteiger partial charge in [-0.3, -0.25) is 9.59 Å².